The SMILES string of the molecule is CC(C)(C)C(C(=O)O)N1C(=O)CCc2cc(-c3ccc(F)cc3)ccc21. The molecular weight excluding hydrogens is 333 g/mol. The number of rotatable bonds is 3. The molecule has 1 heterocycles. The minimum atomic E-state index is -1.01. The molecule has 1 amide bonds. The molecule has 2 aromatic rings. The van der Waals surface area contributed by atoms with Gasteiger partial charge in [-0.25, -0.2) is 9.18 Å². The lowest BCUT2D eigenvalue weighted by Gasteiger charge is -2.40. The highest BCUT2D eigenvalue weighted by molar-refractivity contribution is 6.02. The summed E-state index contributed by atoms with van der Waals surface area (Å²) in [7, 11) is 0. The molecule has 0 bridgehead atoms. The van der Waals surface area contributed by atoms with Crippen molar-refractivity contribution in [2.45, 2.75) is 39.7 Å². The fourth-order valence-corrected chi connectivity index (χ4v) is 3.49. The predicted octanol–water partition coefficient (Wildman–Crippen LogP) is 4.27. The van der Waals surface area contributed by atoms with Crippen LogP contribution in [0.25, 0.3) is 11.1 Å². The highest BCUT2D eigenvalue weighted by Gasteiger charge is 2.41. The second-order valence-corrected chi connectivity index (χ2v) is 7.72. The molecule has 1 N–H and O–H groups in total. The van der Waals surface area contributed by atoms with Gasteiger partial charge in [0.25, 0.3) is 0 Å². The lowest BCUT2D eigenvalue weighted by Crippen LogP contribution is -2.53. The monoisotopic (exact) mass is 355 g/mol. The van der Waals surface area contributed by atoms with Gasteiger partial charge in [0.1, 0.15) is 11.9 Å². The Morgan fingerprint density at radius 1 is 1.08 bits per heavy atom. The third-order valence-corrected chi connectivity index (χ3v) is 4.71. The molecule has 136 valence electrons. The van der Waals surface area contributed by atoms with Crippen LogP contribution in [0.15, 0.2) is 42.5 Å². The lowest BCUT2D eigenvalue weighted by molar-refractivity contribution is -0.143. The van der Waals surface area contributed by atoms with Gasteiger partial charge in [-0.1, -0.05) is 39.0 Å². The van der Waals surface area contributed by atoms with E-state index in [9.17, 15) is 19.1 Å². The van der Waals surface area contributed by atoms with E-state index in [0.717, 1.165) is 16.7 Å². The largest absolute Gasteiger partial charge is 0.480 e. The average Bonchev–Trinajstić information content (AvgIpc) is 2.56. The van der Waals surface area contributed by atoms with Gasteiger partial charge in [0, 0.05) is 12.1 Å². The van der Waals surface area contributed by atoms with Crippen molar-refractivity contribution in [3.63, 3.8) is 0 Å². The van der Waals surface area contributed by atoms with Crippen LogP contribution in [0.1, 0.15) is 32.8 Å². The first-order chi connectivity index (χ1) is 12.2. The van der Waals surface area contributed by atoms with E-state index in [4.69, 9.17) is 0 Å². The summed E-state index contributed by atoms with van der Waals surface area (Å²) in [6.07, 6.45) is 0.843. The number of carboxylic acids is 1. The molecule has 4 nitrogen and oxygen atoms in total. The van der Waals surface area contributed by atoms with Gasteiger partial charge in [0.15, 0.2) is 0 Å². The van der Waals surface area contributed by atoms with Gasteiger partial charge in [-0.05, 0) is 52.8 Å². The van der Waals surface area contributed by atoms with E-state index in [0.29, 0.717) is 12.1 Å². The summed E-state index contributed by atoms with van der Waals surface area (Å²) in [5.41, 5.74) is 2.77. The molecule has 1 aliphatic rings. The smallest absolute Gasteiger partial charge is 0.327 e. The number of hydrogen-bond donors (Lipinski definition) is 1. The Bertz CT molecular complexity index is 853. The number of carbonyl (C=O) groups excluding carboxylic acids is 1. The van der Waals surface area contributed by atoms with Crippen LogP contribution in [-0.2, 0) is 16.0 Å². The van der Waals surface area contributed by atoms with Crippen LogP contribution < -0.4 is 4.90 Å². The van der Waals surface area contributed by atoms with Crippen molar-refractivity contribution in [1.82, 2.24) is 0 Å². The van der Waals surface area contributed by atoms with Gasteiger partial charge < -0.3 is 5.11 Å². The Labute approximate surface area is 152 Å². The number of amides is 1. The second kappa shape index (κ2) is 6.56. The molecule has 0 fully saturated rings. The summed E-state index contributed by atoms with van der Waals surface area (Å²) < 4.78 is 13.1. The molecule has 26 heavy (non-hydrogen) atoms. The van der Waals surface area contributed by atoms with E-state index >= 15 is 0 Å². The van der Waals surface area contributed by atoms with Gasteiger partial charge >= 0.3 is 5.97 Å². The van der Waals surface area contributed by atoms with Gasteiger partial charge in [-0.3, -0.25) is 9.69 Å². The summed E-state index contributed by atoms with van der Waals surface area (Å²) in [5.74, 6) is -1.48. The normalized spacial score (nSPS) is 15.5. The molecule has 0 radical (unpaired) electrons. The maximum absolute atomic E-state index is 13.1. The number of aryl methyl sites for hydroxylation is 1. The van der Waals surface area contributed by atoms with Crippen molar-refractivity contribution in [2.75, 3.05) is 4.90 Å². The van der Waals surface area contributed by atoms with E-state index in [2.05, 4.69) is 0 Å². The van der Waals surface area contributed by atoms with Crippen LogP contribution in [0.4, 0.5) is 10.1 Å². The second-order valence-electron chi connectivity index (χ2n) is 7.72. The summed E-state index contributed by atoms with van der Waals surface area (Å²) in [6, 6.07) is 10.9. The van der Waals surface area contributed by atoms with Crippen LogP contribution in [0.5, 0.6) is 0 Å². The first kappa shape index (κ1) is 18.1. The van der Waals surface area contributed by atoms with Crippen molar-refractivity contribution in [3.05, 3.63) is 53.8 Å². The number of nitrogens with zero attached hydrogens (tertiary/aromatic N) is 1. The molecule has 1 unspecified atom stereocenters. The van der Waals surface area contributed by atoms with Crippen molar-refractivity contribution >= 4 is 17.6 Å². The molecule has 0 aliphatic carbocycles. The Balaban J connectivity index is 2.06. The lowest BCUT2D eigenvalue weighted by atomic mass is 9.83. The van der Waals surface area contributed by atoms with Crippen LogP contribution in [0.3, 0.4) is 0 Å². The van der Waals surface area contributed by atoms with Crippen molar-refractivity contribution in [3.8, 4) is 11.1 Å². The highest BCUT2D eigenvalue weighted by Crippen LogP contribution is 2.37. The molecule has 1 aliphatic heterocycles. The number of halogens is 1. The van der Waals surface area contributed by atoms with Gasteiger partial charge in [0.2, 0.25) is 5.91 Å². The Morgan fingerprint density at radius 3 is 2.27 bits per heavy atom. The zero-order chi connectivity index (χ0) is 19.1. The van der Waals surface area contributed by atoms with E-state index in [1.54, 1.807) is 18.2 Å². The third kappa shape index (κ3) is 3.34. The molecule has 5 heteroatoms. The molecule has 3 rings (SSSR count). The average molecular weight is 355 g/mol. The number of anilines is 1. The van der Waals surface area contributed by atoms with Crippen LogP contribution in [-0.4, -0.2) is 23.0 Å². The number of fused-ring (bicyclic) bond motifs is 1. The summed E-state index contributed by atoms with van der Waals surface area (Å²) in [4.78, 5) is 25.9. The summed E-state index contributed by atoms with van der Waals surface area (Å²) in [5, 5.41) is 9.73. The fourth-order valence-electron chi connectivity index (χ4n) is 3.49. The quantitative estimate of drug-likeness (QED) is 0.894. The van der Waals surface area contributed by atoms with Crippen LogP contribution >= 0.6 is 0 Å². The number of hydrogen-bond acceptors (Lipinski definition) is 2. The van der Waals surface area contributed by atoms with Crippen molar-refractivity contribution in [2.24, 2.45) is 5.41 Å². The van der Waals surface area contributed by atoms with E-state index in [1.165, 1.54) is 17.0 Å². The Kier molecular flexibility index (Phi) is 4.57. The minimum absolute atomic E-state index is 0.172. The first-order valence-corrected chi connectivity index (χ1v) is 8.62. The summed E-state index contributed by atoms with van der Waals surface area (Å²) >= 11 is 0. The molecule has 0 aromatic heterocycles. The van der Waals surface area contributed by atoms with E-state index < -0.39 is 17.4 Å². The Morgan fingerprint density at radius 2 is 1.69 bits per heavy atom. The van der Waals surface area contributed by atoms with Crippen molar-refractivity contribution in [1.29, 1.82) is 0 Å². The molecule has 1 atom stereocenters. The van der Waals surface area contributed by atoms with Gasteiger partial charge in [-0.15, -0.1) is 0 Å². The third-order valence-electron chi connectivity index (χ3n) is 4.71. The first-order valence-electron chi connectivity index (χ1n) is 8.62. The van der Waals surface area contributed by atoms with Gasteiger partial charge in [-0.2, -0.15) is 0 Å². The zero-order valence-electron chi connectivity index (χ0n) is 15.1. The van der Waals surface area contributed by atoms with E-state index in [-0.39, 0.29) is 18.1 Å². The Hall–Kier alpha value is -2.69. The molecule has 0 saturated carbocycles. The predicted molar refractivity (Wildman–Crippen MR) is 98.5 cm³/mol. The molecule has 0 saturated heterocycles. The fraction of sp³-hybridized carbons (Fsp3) is 0.333. The standard InChI is InChI=1S/C21H22FNO3/c1-21(2,3)19(20(25)26)23-17-10-6-14(12-15(17)7-11-18(23)24)13-4-8-16(22)9-5-13/h4-6,8-10,12,19H,7,11H2,1-3H3,(H,25,26). The minimum Gasteiger partial charge on any atom is -0.480 e. The number of carboxylic acid groups (broad SMARTS) is 1. The van der Waals surface area contributed by atoms with Crippen LogP contribution in [0.2, 0.25) is 0 Å². The number of aliphatic carboxylic acids is 1. The molecular formula is C21H22FNO3. The maximum Gasteiger partial charge on any atom is 0.327 e. The topological polar surface area (TPSA) is 57.6 Å². The highest BCUT2D eigenvalue weighted by atomic mass is 19.1. The maximum atomic E-state index is 13.1. The number of benzene rings is 2. The summed E-state index contributed by atoms with van der Waals surface area (Å²) in [6.45, 7) is 5.46. The molecule has 0 spiro atoms. The molecule has 2 aromatic carbocycles. The van der Waals surface area contributed by atoms with Crippen molar-refractivity contribution < 1.29 is 19.1 Å². The number of carbonyl (C=O) groups is 2. The van der Waals surface area contributed by atoms with Gasteiger partial charge in [0.05, 0.1) is 0 Å². The van der Waals surface area contributed by atoms with E-state index in [1.807, 2.05) is 32.9 Å². The van der Waals surface area contributed by atoms with Crippen LogP contribution in [0, 0.1) is 11.2 Å². The zero-order valence-corrected chi connectivity index (χ0v) is 15.1.